The van der Waals surface area contributed by atoms with Crippen molar-refractivity contribution in [3.05, 3.63) is 207 Å². The van der Waals surface area contributed by atoms with E-state index in [0.29, 0.717) is 0 Å². The molecule has 13 rings (SSSR count). The van der Waals surface area contributed by atoms with E-state index in [2.05, 4.69) is 193 Å². The van der Waals surface area contributed by atoms with Crippen LogP contribution in [0.3, 0.4) is 0 Å². The summed E-state index contributed by atoms with van der Waals surface area (Å²) in [6, 6.07) is 67.8. The summed E-state index contributed by atoms with van der Waals surface area (Å²) >= 11 is 3.64. The van der Waals surface area contributed by atoms with E-state index in [1.807, 2.05) is 41.3 Å². The van der Waals surface area contributed by atoms with E-state index in [0.717, 1.165) is 56.2 Å². The van der Waals surface area contributed by atoms with Gasteiger partial charge in [-0.05, 0) is 99.7 Å². The maximum absolute atomic E-state index is 4.94. The summed E-state index contributed by atoms with van der Waals surface area (Å²) in [7, 11) is 0. The third-order valence-electron chi connectivity index (χ3n) is 12.4. The Morgan fingerprint density at radius 2 is 0.762 bits per heavy atom. The van der Waals surface area contributed by atoms with Crippen LogP contribution in [-0.4, -0.2) is 15.0 Å². The van der Waals surface area contributed by atoms with Gasteiger partial charge >= 0.3 is 0 Å². The molecule has 294 valence electrons. The van der Waals surface area contributed by atoms with Gasteiger partial charge in [-0.2, -0.15) is 0 Å². The van der Waals surface area contributed by atoms with Crippen molar-refractivity contribution in [2.24, 2.45) is 0 Å². The van der Waals surface area contributed by atoms with Crippen molar-refractivity contribution in [2.75, 3.05) is 4.90 Å². The fourth-order valence-corrected chi connectivity index (χ4v) is 11.4. The molecule has 0 saturated carbocycles. The van der Waals surface area contributed by atoms with E-state index in [1.54, 1.807) is 0 Å². The number of nitrogens with zero attached hydrogens (tertiary/aromatic N) is 4. The maximum Gasteiger partial charge on any atom is 0.0716 e. The number of fused-ring (bicyclic) bond motifs is 10. The highest BCUT2D eigenvalue weighted by molar-refractivity contribution is 7.26. The predicted molar refractivity (Wildman–Crippen MR) is 269 cm³/mol. The average molecular weight is 839 g/mol. The standard InChI is InChI=1S/C57H34N4S2/c1-2-8-41-32-58-51(29-37(41)7-1)40-19-25-45-38(27-40)13-14-39-28-44(24-26-46(39)45)61(42-20-15-35(16-21-42)52-30-56-49(33-59-52)47-9-3-5-11-54(47)62-56)43-22-17-36(18-23-43)53-31-57-50(34-60-53)48-10-4-6-12-55(48)63-57/h1-34H. The summed E-state index contributed by atoms with van der Waals surface area (Å²) in [4.78, 5) is 17.0. The molecule has 0 fully saturated rings. The topological polar surface area (TPSA) is 41.9 Å². The number of hydrogen-bond acceptors (Lipinski definition) is 6. The number of pyridine rings is 3. The second-order valence-corrected chi connectivity index (χ2v) is 18.2. The molecule has 13 aromatic rings. The van der Waals surface area contributed by atoms with Crippen LogP contribution in [0.25, 0.3) is 106 Å². The van der Waals surface area contributed by atoms with Gasteiger partial charge in [-0.15, -0.1) is 22.7 Å². The Hall–Kier alpha value is -7.77. The normalized spacial score (nSPS) is 11.8. The summed E-state index contributed by atoms with van der Waals surface area (Å²) in [6.45, 7) is 0. The van der Waals surface area contributed by atoms with Crippen LogP contribution in [0.1, 0.15) is 0 Å². The second-order valence-electron chi connectivity index (χ2n) is 16.1. The van der Waals surface area contributed by atoms with Crippen molar-refractivity contribution in [3.63, 3.8) is 0 Å². The highest BCUT2D eigenvalue weighted by Gasteiger charge is 2.17. The van der Waals surface area contributed by atoms with Crippen molar-refractivity contribution in [2.45, 2.75) is 0 Å². The molecule has 0 saturated heterocycles. The van der Waals surface area contributed by atoms with Crippen LogP contribution in [0.15, 0.2) is 207 Å². The van der Waals surface area contributed by atoms with Gasteiger partial charge in [0, 0.05) is 98.1 Å². The van der Waals surface area contributed by atoms with Crippen LogP contribution >= 0.6 is 22.7 Å². The molecule has 0 radical (unpaired) electrons. The lowest BCUT2D eigenvalue weighted by Crippen LogP contribution is -2.10. The fraction of sp³-hybridized carbons (Fsp3) is 0. The molecule has 63 heavy (non-hydrogen) atoms. The summed E-state index contributed by atoms with van der Waals surface area (Å²) in [5.41, 5.74) is 9.40. The SMILES string of the molecule is c1ccc2cc(-c3ccc4c(ccc5cc(N(c6ccc(-c7cc8sc9ccccc9c8cn7)cc6)c6ccc(-c7cc8sc9ccccc9c8cn7)cc6)ccc54)c3)ncc2c1. The molecule has 0 unspecified atom stereocenters. The third-order valence-corrected chi connectivity index (χ3v) is 14.6. The summed E-state index contributed by atoms with van der Waals surface area (Å²) in [5.74, 6) is 0. The molecule has 4 nitrogen and oxygen atoms in total. The molecule has 5 aromatic heterocycles. The van der Waals surface area contributed by atoms with Crippen LogP contribution in [-0.2, 0) is 0 Å². The number of rotatable bonds is 6. The first-order valence-electron chi connectivity index (χ1n) is 21.0. The molecule has 0 N–H and O–H groups in total. The number of anilines is 3. The highest BCUT2D eigenvalue weighted by Crippen LogP contribution is 2.41. The first-order chi connectivity index (χ1) is 31.2. The molecule has 0 atom stereocenters. The molecular weight excluding hydrogens is 805 g/mol. The van der Waals surface area contributed by atoms with Gasteiger partial charge in [0.2, 0.25) is 0 Å². The minimum atomic E-state index is 0.969. The first-order valence-corrected chi connectivity index (χ1v) is 22.7. The van der Waals surface area contributed by atoms with Crippen LogP contribution < -0.4 is 4.90 Å². The summed E-state index contributed by atoms with van der Waals surface area (Å²) < 4.78 is 5.06. The van der Waals surface area contributed by atoms with Crippen LogP contribution in [0, 0.1) is 0 Å². The Bertz CT molecular complexity index is 3770. The molecule has 0 aliphatic heterocycles. The van der Waals surface area contributed by atoms with Crippen molar-refractivity contribution in [1.29, 1.82) is 0 Å². The lowest BCUT2D eigenvalue weighted by atomic mass is 9.98. The summed E-state index contributed by atoms with van der Waals surface area (Å²) in [5, 5.41) is 12.1. The first kappa shape index (κ1) is 35.9. The van der Waals surface area contributed by atoms with E-state index in [-0.39, 0.29) is 0 Å². The number of benzene rings is 8. The Morgan fingerprint density at radius 3 is 1.38 bits per heavy atom. The molecule has 6 heteroatoms. The third kappa shape index (κ3) is 6.14. The molecule has 0 spiro atoms. The number of thiophene rings is 2. The zero-order valence-electron chi connectivity index (χ0n) is 33.7. The molecule has 0 amide bonds. The van der Waals surface area contributed by atoms with E-state index in [4.69, 9.17) is 15.0 Å². The van der Waals surface area contributed by atoms with E-state index in [9.17, 15) is 0 Å². The van der Waals surface area contributed by atoms with Gasteiger partial charge in [0.05, 0.1) is 17.1 Å². The van der Waals surface area contributed by atoms with E-state index >= 15 is 0 Å². The van der Waals surface area contributed by atoms with Gasteiger partial charge in [-0.25, -0.2) is 0 Å². The van der Waals surface area contributed by atoms with Gasteiger partial charge in [-0.3, -0.25) is 15.0 Å². The largest absolute Gasteiger partial charge is 0.310 e. The fourth-order valence-electron chi connectivity index (χ4n) is 9.16. The van der Waals surface area contributed by atoms with Gasteiger partial charge in [0.25, 0.3) is 0 Å². The predicted octanol–water partition coefficient (Wildman–Crippen LogP) is 16.5. The molecular formula is C57H34N4S2. The van der Waals surface area contributed by atoms with Crippen molar-refractivity contribution in [1.82, 2.24) is 15.0 Å². The van der Waals surface area contributed by atoms with E-state index < -0.39 is 0 Å². The van der Waals surface area contributed by atoms with Gasteiger partial charge in [0.15, 0.2) is 0 Å². The Morgan fingerprint density at radius 1 is 0.286 bits per heavy atom. The minimum absolute atomic E-state index is 0.969. The second kappa shape index (κ2) is 14.4. The highest BCUT2D eigenvalue weighted by atomic mass is 32.1. The lowest BCUT2D eigenvalue weighted by Gasteiger charge is -2.26. The van der Waals surface area contributed by atoms with Gasteiger partial charge in [0.1, 0.15) is 0 Å². The quantitative estimate of drug-likeness (QED) is 0.156. The smallest absolute Gasteiger partial charge is 0.0716 e. The van der Waals surface area contributed by atoms with Crippen molar-refractivity contribution in [3.8, 4) is 33.8 Å². The van der Waals surface area contributed by atoms with Crippen LogP contribution in [0.2, 0.25) is 0 Å². The zero-order valence-corrected chi connectivity index (χ0v) is 35.4. The molecule has 0 aliphatic carbocycles. The zero-order chi connectivity index (χ0) is 41.4. The Kier molecular flexibility index (Phi) is 8.22. The number of aromatic nitrogens is 3. The molecule has 8 aromatic carbocycles. The lowest BCUT2D eigenvalue weighted by molar-refractivity contribution is 1.28. The maximum atomic E-state index is 4.94. The van der Waals surface area contributed by atoms with Crippen LogP contribution in [0.4, 0.5) is 17.1 Å². The molecule has 0 bridgehead atoms. The Labute approximate surface area is 370 Å². The minimum Gasteiger partial charge on any atom is -0.310 e. The van der Waals surface area contributed by atoms with Crippen LogP contribution in [0.5, 0.6) is 0 Å². The van der Waals surface area contributed by atoms with Crippen molar-refractivity contribution < 1.29 is 0 Å². The monoisotopic (exact) mass is 838 g/mol. The van der Waals surface area contributed by atoms with E-state index in [1.165, 1.54) is 67.3 Å². The van der Waals surface area contributed by atoms with Gasteiger partial charge < -0.3 is 4.90 Å². The average Bonchev–Trinajstić information content (AvgIpc) is 3.92. The Balaban J connectivity index is 0.884. The molecule has 5 heterocycles. The van der Waals surface area contributed by atoms with Crippen molar-refractivity contribution >= 4 is 112 Å². The molecule has 0 aliphatic rings. The van der Waals surface area contributed by atoms with Gasteiger partial charge in [-0.1, -0.05) is 115 Å². The summed E-state index contributed by atoms with van der Waals surface area (Å²) in [6.07, 6.45) is 6.02. The number of hydrogen-bond donors (Lipinski definition) is 0.